The molecule has 0 aromatic heterocycles. The molecule has 0 spiro atoms. The Kier molecular flexibility index (Phi) is 7.85. The molecular formula is C23H32N2O3. The molecule has 28 heavy (non-hydrogen) atoms. The van der Waals surface area contributed by atoms with Crippen LogP contribution in [0.4, 0.5) is 5.69 Å². The third kappa shape index (κ3) is 5.24. The summed E-state index contributed by atoms with van der Waals surface area (Å²) in [6, 6.07) is 8.18. The minimum Gasteiger partial charge on any atom is -0.493 e. The maximum atomic E-state index is 11.2. The van der Waals surface area contributed by atoms with Crippen molar-refractivity contribution < 1.29 is 14.3 Å². The number of benzene rings is 2. The van der Waals surface area contributed by atoms with Crippen molar-refractivity contribution in [2.24, 2.45) is 10.9 Å². The first-order chi connectivity index (χ1) is 13.4. The van der Waals surface area contributed by atoms with E-state index in [0.29, 0.717) is 19.1 Å². The van der Waals surface area contributed by atoms with E-state index in [2.05, 4.69) is 32.9 Å². The average molecular weight is 385 g/mol. The number of aryl methyl sites for hydroxylation is 1. The van der Waals surface area contributed by atoms with Crippen molar-refractivity contribution in [1.29, 1.82) is 0 Å². The van der Waals surface area contributed by atoms with E-state index < -0.39 is 0 Å². The Hall–Kier alpha value is -2.56. The van der Waals surface area contributed by atoms with Gasteiger partial charge >= 0.3 is 0 Å². The molecule has 0 N–H and O–H groups in total. The van der Waals surface area contributed by atoms with E-state index in [1.54, 1.807) is 12.0 Å². The summed E-state index contributed by atoms with van der Waals surface area (Å²) in [5, 5.41) is 2.13. The van der Waals surface area contributed by atoms with Crippen LogP contribution in [0.15, 0.2) is 29.3 Å². The summed E-state index contributed by atoms with van der Waals surface area (Å²) in [5.41, 5.74) is 1.97. The van der Waals surface area contributed by atoms with Crippen LogP contribution in [0.25, 0.3) is 10.8 Å². The van der Waals surface area contributed by atoms with Crippen LogP contribution in [0.3, 0.4) is 0 Å². The Labute approximate surface area is 168 Å². The van der Waals surface area contributed by atoms with Gasteiger partial charge in [0, 0.05) is 12.8 Å². The van der Waals surface area contributed by atoms with Crippen LogP contribution in [0, 0.1) is 12.8 Å². The Morgan fingerprint density at radius 1 is 1.11 bits per heavy atom. The van der Waals surface area contributed by atoms with Crippen LogP contribution in [0.1, 0.15) is 39.7 Å². The molecular weight excluding hydrogens is 352 g/mol. The van der Waals surface area contributed by atoms with E-state index in [0.717, 1.165) is 46.4 Å². The molecule has 5 nitrogen and oxygen atoms in total. The summed E-state index contributed by atoms with van der Waals surface area (Å²) in [6.45, 7) is 11.6. The summed E-state index contributed by atoms with van der Waals surface area (Å²) >= 11 is 0. The van der Waals surface area contributed by atoms with Gasteiger partial charge in [0.25, 0.3) is 0 Å². The molecule has 2 aromatic carbocycles. The quantitative estimate of drug-likeness (QED) is 0.420. The summed E-state index contributed by atoms with van der Waals surface area (Å²) in [7, 11) is 1.66. The van der Waals surface area contributed by atoms with E-state index in [9.17, 15) is 4.79 Å². The number of nitrogens with zero attached hydrogens (tertiary/aromatic N) is 2. The number of hydrogen-bond acceptors (Lipinski definition) is 4. The van der Waals surface area contributed by atoms with E-state index in [-0.39, 0.29) is 6.04 Å². The van der Waals surface area contributed by atoms with Crippen LogP contribution < -0.4 is 9.47 Å². The van der Waals surface area contributed by atoms with Gasteiger partial charge in [-0.1, -0.05) is 20.8 Å². The third-order valence-corrected chi connectivity index (χ3v) is 4.74. The summed E-state index contributed by atoms with van der Waals surface area (Å²) in [4.78, 5) is 17.7. The highest BCUT2D eigenvalue weighted by atomic mass is 16.5. The Morgan fingerprint density at radius 3 is 2.36 bits per heavy atom. The van der Waals surface area contributed by atoms with Crippen LogP contribution in [-0.2, 0) is 4.79 Å². The number of hydrogen-bond donors (Lipinski definition) is 0. The predicted octanol–water partition coefficient (Wildman–Crippen LogP) is 5.15. The topological polar surface area (TPSA) is 51.1 Å². The molecule has 2 rings (SSSR count). The lowest BCUT2D eigenvalue weighted by atomic mass is 10.0. The number of aliphatic imine (C=N–C) groups is 1. The zero-order chi connectivity index (χ0) is 20.7. The molecule has 1 atom stereocenters. The molecule has 0 aliphatic carbocycles. The molecule has 0 aliphatic heterocycles. The number of methoxy groups -OCH3 is 1. The predicted molar refractivity (Wildman–Crippen MR) is 116 cm³/mol. The van der Waals surface area contributed by atoms with E-state index >= 15 is 0 Å². The minimum atomic E-state index is -0.00148. The largest absolute Gasteiger partial charge is 0.493 e. The number of rotatable bonds is 10. The summed E-state index contributed by atoms with van der Waals surface area (Å²) in [6.07, 6.45) is 3.58. The van der Waals surface area contributed by atoms with Crippen molar-refractivity contribution in [3.63, 3.8) is 0 Å². The fourth-order valence-electron chi connectivity index (χ4n) is 3.06. The van der Waals surface area contributed by atoms with Gasteiger partial charge in [-0.15, -0.1) is 0 Å². The first kappa shape index (κ1) is 21.7. The van der Waals surface area contributed by atoms with Crippen molar-refractivity contribution in [1.82, 2.24) is 4.90 Å². The normalized spacial score (nSPS) is 12.5. The summed E-state index contributed by atoms with van der Waals surface area (Å²) < 4.78 is 11.4. The maximum absolute atomic E-state index is 11.2. The van der Waals surface area contributed by atoms with Crippen molar-refractivity contribution in [2.45, 2.75) is 47.1 Å². The number of amides is 1. The van der Waals surface area contributed by atoms with Gasteiger partial charge in [-0.3, -0.25) is 9.79 Å². The van der Waals surface area contributed by atoms with Crippen molar-refractivity contribution >= 4 is 29.1 Å². The highest BCUT2D eigenvalue weighted by Gasteiger charge is 2.12. The van der Waals surface area contributed by atoms with E-state index in [1.165, 1.54) is 0 Å². The van der Waals surface area contributed by atoms with Gasteiger partial charge in [0.1, 0.15) is 0 Å². The highest BCUT2D eigenvalue weighted by molar-refractivity contribution is 5.90. The zero-order valence-electron chi connectivity index (χ0n) is 17.9. The Morgan fingerprint density at radius 2 is 1.79 bits per heavy atom. The lowest BCUT2D eigenvalue weighted by molar-refractivity contribution is -0.118. The van der Waals surface area contributed by atoms with Gasteiger partial charge < -0.3 is 14.4 Å². The zero-order valence-corrected chi connectivity index (χ0v) is 17.9. The molecule has 0 saturated heterocycles. The third-order valence-electron chi connectivity index (χ3n) is 4.74. The minimum absolute atomic E-state index is 0.00148. The van der Waals surface area contributed by atoms with Gasteiger partial charge in [0.2, 0.25) is 6.41 Å². The molecule has 0 fully saturated rings. The second-order valence-electron chi connectivity index (χ2n) is 7.38. The van der Waals surface area contributed by atoms with Crippen molar-refractivity contribution in [3.8, 4) is 11.5 Å². The second kappa shape index (κ2) is 10.1. The standard InChI is InChI=1S/C23H32N2O3/c1-7-20(25(8-2)15-26)13-24-21-10-19-12-23(28-14-16(3)4)22(27-6)11-18(19)9-17(21)5/h9-13,15-16,20H,7-8,14H2,1-6H3. The van der Waals surface area contributed by atoms with Crippen molar-refractivity contribution in [3.05, 3.63) is 29.8 Å². The van der Waals surface area contributed by atoms with Gasteiger partial charge in [0.15, 0.2) is 11.5 Å². The monoisotopic (exact) mass is 384 g/mol. The van der Waals surface area contributed by atoms with Crippen LogP contribution in [0.2, 0.25) is 0 Å². The number of fused-ring (bicyclic) bond motifs is 1. The SMILES string of the molecule is CCC(C=Nc1cc2cc(OCC(C)C)c(OC)cc2cc1C)N(C=O)CC. The van der Waals surface area contributed by atoms with Gasteiger partial charge in [-0.2, -0.15) is 0 Å². The molecule has 1 amide bonds. The number of carbonyl (C=O) groups is 1. The first-order valence-corrected chi connectivity index (χ1v) is 9.93. The van der Waals surface area contributed by atoms with Gasteiger partial charge in [0.05, 0.1) is 25.4 Å². The molecule has 0 saturated carbocycles. The molecule has 0 radical (unpaired) electrons. The molecule has 0 bridgehead atoms. The van der Waals surface area contributed by atoms with E-state index in [1.807, 2.05) is 32.2 Å². The van der Waals surface area contributed by atoms with Crippen LogP contribution in [0.5, 0.6) is 11.5 Å². The van der Waals surface area contributed by atoms with Crippen LogP contribution in [-0.4, -0.2) is 43.8 Å². The first-order valence-electron chi connectivity index (χ1n) is 9.93. The average Bonchev–Trinajstić information content (AvgIpc) is 2.69. The molecule has 5 heteroatoms. The van der Waals surface area contributed by atoms with Crippen molar-refractivity contribution in [2.75, 3.05) is 20.3 Å². The fourth-order valence-corrected chi connectivity index (χ4v) is 3.06. The van der Waals surface area contributed by atoms with Gasteiger partial charge in [-0.05, 0) is 66.8 Å². The van der Waals surface area contributed by atoms with E-state index in [4.69, 9.17) is 14.5 Å². The lowest BCUT2D eigenvalue weighted by Crippen LogP contribution is -2.34. The Balaban J connectivity index is 2.40. The Bertz CT molecular complexity index is 830. The number of ether oxygens (including phenoxy) is 2. The summed E-state index contributed by atoms with van der Waals surface area (Å²) in [5.74, 6) is 1.91. The van der Waals surface area contributed by atoms with Gasteiger partial charge in [-0.25, -0.2) is 0 Å². The maximum Gasteiger partial charge on any atom is 0.210 e. The smallest absolute Gasteiger partial charge is 0.210 e. The molecule has 0 heterocycles. The second-order valence-corrected chi connectivity index (χ2v) is 7.38. The lowest BCUT2D eigenvalue weighted by Gasteiger charge is -2.22. The van der Waals surface area contributed by atoms with Crippen LogP contribution >= 0.6 is 0 Å². The molecule has 0 aliphatic rings. The molecule has 2 aromatic rings. The fraction of sp³-hybridized carbons (Fsp3) is 0.478. The molecule has 1 unspecified atom stereocenters. The number of carbonyl (C=O) groups excluding carboxylic acids is 1. The molecule has 152 valence electrons. The highest BCUT2D eigenvalue weighted by Crippen LogP contribution is 2.35.